The molecule has 0 atom stereocenters. The van der Waals surface area contributed by atoms with Crippen molar-refractivity contribution in [3.8, 4) is 5.69 Å². The zero-order valence-electron chi connectivity index (χ0n) is 10.5. The smallest absolute Gasteiger partial charge is 0.338 e. The Balaban J connectivity index is 2.81. The molecule has 1 aromatic carbocycles. The second kappa shape index (κ2) is 5.32. The number of hydrogen-bond acceptors (Lipinski definition) is 8. The SMILES string of the molecule is COC(=O)c1cc([N+](=O)[O-])c(-n2cnnc2)c([N+](=O)[O-])c1. The number of nitro benzene ring substituents is 2. The Kier molecular flexibility index (Phi) is 3.56. The van der Waals surface area contributed by atoms with Gasteiger partial charge in [-0.05, 0) is 0 Å². The number of rotatable bonds is 4. The standard InChI is InChI=1S/C10H7N5O6/c1-21-10(16)6-2-7(14(17)18)9(8(3-6)15(19)20)13-4-11-12-5-13/h2-5H,1H3. The van der Waals surface area contributed by atoms with Gasteiger partial charge < -0.3 is 4.74 Å². The van der Waals surface area contributed by atoms with E-state index >= 15 is 0 Å². The number of aromatic nitrogens is 3. The van der Waals surface area contributed by atoms with Gasteiger partial charge in [-0.3, -0.25) is 24.8 Å². The van der Waals surface area contributed by atoms with Crippen LogP contribution in [0.5, 0.6) is 0 Å². The largest absolute Gasteiger partial charge is 0.465 e. The average molecular weight is 293 g/mol. The summed E-state index contributed by atoms with van der Waals surface area (Å²) in [5.74, 6) is -0.920. The molecule has 108 valence electrons. The predicted octanol–water partition coefficient (Wildman–Crippen LogP) is 0.870. The van der Waals surface area contributed by atoms with Gasteiger partial charge in [0.15, 0.2) is 0 Å². The van der Waals surface area contributed by atoms with Crippen molar-refractivity contribution in [2.75, 3.05) is 7.11 Å². The van der Waals surface area contributed by atoms with E-state index in [1.165, 1.54) is 0 Å². The van der Waals surface area contributed by atoms with Gasteiger partial charge in [0.05, 0.1) is 22.5 Å². The van der Waals surface area contributed by atoms with Crippen LogP contribution in [-0.4, -0.2) is 37.7 Å². The van der Waals surface area contributed by atoms with Gasteiger partial charge in [-0.2, -0.15) is 0 Å². The molecule has 1 aromatic heterocycles. The Morgan fingerprint density at radius 1 is 1.14 bits per heavy atom. The first-order valence-corrected chi connectivity index (χ1v) is 5.36. The maximum Gasteiger partial charge on any atom is 0.338 e. The summed E-state index contributed by atoms with van der Waals surface area (Å²) in [7, 11) is 1.06. The number of nitrogens with zero attached hydrogens (tertiary/aromatic N) is 5. The molecule has 0 aliphatic rings. The summed E-state index contributed by atoms with van der Waals surface area (Å²) < 4.78 is 5.45. The summed E-state index contributed by atoms with van der Waals surface area (Å²) in [6.45, 7) is 0. The second-order valence-corrected chi connectivity index (χ2v) is 3.74. The minimum Gasteiger partial charge on any atom is -0.465 e. The molecular weight excluding hydrogens is 286 g/mol. The van der Waals surface area contributed by atoms with E-state index in [1.807, 2.05) is 0 Å². The van der Waals surface area contributed by atoms with Gasteiger partial charge in [0.1, 0.15) is 12.7 Å². The first-order valence-electron chi connectivity index (χ1n) is 5.36. The lowest BCUT2D eigenvalue weighted by molar-refractivity contribution is -0.393. The van der Waals surface area contributed by atoms with Gasteiger partial charge in [-0.25, -0.2) is 4.79 Å². The highest BCUT2D eigenvalue weighted by Gasteiger charge is 2.30. The monoisotopic (exact) mass is 293 g/mol. The van der Waals surface area contributed by atoms with Gasteiger partial charge in [0, 0.05) is 12.1 Å². The maximum atomic E-state index is 11.5. The minimum atomic E-state index is -0.920. The van der Waals surface area contributed by atoms with Crippen molar-refractivity contribution >= 4 is 17.3 Å². The van der Waals surface area contributed by atoms with Crippen LogP contribution < -0.4 is 0 Å². The second-order valence-electron chi connectivity index (χ2n) is 3.74. The molecule has 0 aliphatic heterocycles. The molecule has 0 spiro atoms. The zero-order chi connectivity index (χ0) is 15.6. The molecule has 0 radical (unpaired) electrons. The first kappa shape index (κ1) is 14.0. The van der Waals surface area contributed by atoms with Crippen molar-refractivity contribution in [2.24, 2.45) is 0 Å². The number of ether oxygens (including phenoxy) is 1. The number of benzene rings is 1. The molecular formula is C10H7N5O6. The summed E-state index contributed by atoms with van der Waals surface area (Å²) in [5, 5.41) is 29.2. The molecule has 2 rings (SSSR count). The van der Waals surface area contributed by atoms with Crippen LogP contribution in [0.4, 0.5) is 11.4 Å². The van der Waals surface area contributed by atoms with Crippen LogP contribution in [0.25, 0.3) is 5.69 Å². The maximum absolute atomic E-state index is 11.5. The van der Waals surface area contributed by atoms with Crippen LogP contribution in [0.1, 0.15) is 10.4 Å². The fourth-order valence-electron chi connectivity index (χ4n) is 1.70. The molecule has 1 heterocycles. The lowest BCUT2D eigenvalue weighted by atomic mass is 10.1. The summed E-state index contributed by atoms with van der Waals surface area (Å²) in [6, 6.07) is 1.79. The van der Waals surface area contributed by atoms with Crippen molar-refractivity contribution in [1.29, 1.82) is 0 Å². The van der Waals surface area contributed by atoms with E-state index in [9.17, 15) is 25.0 Å². The fourth-order valence-corrected chi connectivity index (χ4v) is 1.70. The van der Waals surface area contributed by atoms with Crippen LogP contribution in [0.2, 0.25) is 0 Å². The van der Waals surface area contributed by atoms with Gasteiger partial charge >= 0.3 is 17.3 Å². The van der Waals surface area contributed by atoms with Crippen LogP contribution in [0.3, 0.4) is 0 Å². The lowest BCUT2D eigenvalue weighted by Crippen LogP contribution is -2.08. The van der Waals surface area contributed by atoms with E-state index in [4.69, 9.17) is 0 Å². The lowest BCUT2D eigenvalue weighted by Gasteiger charge is -2.06. The summed E-state index contributed by atoms with van der Waals surface area (Å²) >= 11 is 0. The fraction of sp³-hybridized carbons (Fsp3) is 0.100. The van der Waals surface area contributed by atoms with Crippen molar-refractivity contribution in [3.05, 3.63) is 50.6 Å². The van der Waals surface area contributed by atoms with Gasteiger partial charge in [-0.1, -0.05) is 0 Å². The molecule has 11 heteroatoms. The van der Waals surface area contributed by atoms with Crippen molar-refractivity contribution in [2.45, 2.75) is 0 Å². The third-order valence-electron chi connectivity index (χ3n) is 2.56. The Hall–Kier alpha value is -3.37. The Morgan fingerprint density at radius 3 is 2.00 bits per heavy atom. The summed E-state index contributed by atoms with van der Waals surface area (Å²) in [5.41, 5.74) is -1.91. The van der Waals surface area contributed by atoms with E-state index in [2.05, 4.69) is 14.9 Å². The van der Waals surface area contributed by atoms with E-state index in [1.54, 1.807) is 0 Å². The molecule has 0 bridgehead atoms. The highest BCUT2D eigenvalue weighted by Crippen LogP contribution is 2.33. The number of carbonyl (C=O) groups excluding carboxylic acids is 1. The Morgan fingerprint density at radius 2 is 1.62 bits per heavy atom. The van der Waals surface area contributed by atoms with Crippen LogP contribution in [-0.2, 0) is 4.74 Å². The van der Waals surface area contributed by atoms with Gasteiger partial charge in [-0.15, -0.1) is 10.2 Å². The minimum absolute atomic E-state index is 0.298. The molecule has 0 N–H and O–H groups in total. The quantitative estimate of drug-likeness (QED) is 0.458. The molecule has 11 nitrogen and oxygen atoms in total. The first-order chi connectivity index (χ1) is 9.95. The van der Waals surface area contributed by atoms with Crippen LogP contribution in [0.15, 0.2) is 24.8 Å². The Labute approximate surface area is 116 Å². The number of hydrogen-bond donors (Lipinski definition) is 0. The number of nitro groups is 2. The van der Waals surface area contributed by atoms with Crippen LogP contribution >= 0.6 is 0 Å². The summed E-state index contributed by atoms with van der Waals surface area (Å²) in [6.07, 6.45) is 2.15. The zero-order valence-corrected chi connectivity index (χ0v) is 10.5. The van der Waals surface area contributed by atoms with E-state index in [-0.39, 0.29) is 11.3 Å². The average Bonchev–Trinajstić information content (AvgIpc) is 2.98. The third kappa shape index (κ3) is 2.51. The Bertz CT molecular complexity index is 691. The highest BCUT2D eigenvalue weighted by molar-refractivity contribution is 5.92. The highest BCUT2D eigenvalue weighted by atomic mass is 16.6. The molecule has 0 amide bonds. The third-order valence-corrected chi connectivity index (χ3v) is 2.56. The van der Waals surface area contributed by atoms with Crippen molar-refractivity contribution in [3.63, 3.8) is 0 Å². The topological polar surface area (TPSA) is 143 Å². The molecule has 0 saturated heterocycles. The molecule has 2 aromatic rings. The normalized spacial score (nSPS) is 10.1. The van der Waals surface area contributed by atoms with Gasteiger partial charge in [0.25, 0.3) is 0 Å². The molecule has 0 saturated carbocycles. The number of carbonyl (C=O) groups is 1. The molecule has 0 unspecified atom stereocenters. The summed E-state index contributed by atoms with van der Waals surface area (Å²) in [4.78, 5) is 32.0. The molecule has 0 aliphatic carbocycles. The number of esters is 1. The van der Waals surface area contributed by atoms with E-state index in [0.717, 1.165) is 36.5 Å². The van der Waals surface area contributed by atoms with Crippen LogP contribution in [0, 0.1) is 20.2 Å². The van der Waals surface area contributed by atoms with E-state index in [0.29, 0.717) is 0 Å². The molecule has 0 fully saturated rings. The van der Waals surface area contributed by atoms with Crippen molar-refractivity contribution < 1.29 is 19.4 Å². The van der Waals surface area contributed by atoms with Crippen molar-refractivity contribution in [1.82, 2.24) is 14.8 Å². The van der Waals surface area contributed by atoms with Gasteiger partial charge in [0.2, 0.25) is 5.69 Å². The molecule has 21 heavy (non-hydrogen) atoms. The van der Waals surface area contributed by atoms with E-state index < -0.39 is 27.2 Å². The number of methoxy groups -OCH3 is 1. The predicted molar refractivity (Wildman–Crippen MR) is 66.0 cm³/mol.